The van der Waals surface area contributed by atoms with E-state index in [0.717, 1.165) is 5.52 Å². The topological polar surface area (TPSA) is 142 Å². The molecule has 0 spiro atoms. The van der Waals surface area contributed by atoms with Crippen LogP contribution in [-0.4, -0.2) is 77.8 Å². The van der Waals surface area contributed by atoms with E-state index in [9.17, 15) is 5.11 Å². The first-order chi connectivity index (χ1) is 19.9. The van der Waals surface area contributed by atoms with Gasteiger partial charge in [0.05, 0.1) is 7.11 Å². The quantitative estimate of drug-likeness (QED) is 0.130. The molecule has 0 amide bonds. The van der Waals surface area contributed by atoms with Gasteiger partial charge in [-0.25, -0.2) is 19.9 Å². The molecule has 6 aromatic rings. The second kappa shape index (κ2) is 14.9. The summed E-state index contributed by atoms with van der Waals surface area (Å²) >= 11 is 12.3. The molecule has 41 heavy (non-hydrogen) atoms. The van der Waals surface area contributed by atoms with Gasteiger partial charge in [-0.05, 0) is 36.8 Å². The molecule has 12 nitrogen and oxygen atoms in total. The van der Waals surface area contributed by atoms with Crippen LogP contribution < -0.4 is 4.74 Å². The molecule has 0 fully saturated rings. The van der Waals surface area contributed by atoms with Crippen molar-refractivity contribution in [3.05, 3.63) is 60.9 Å². The highest BCUT2D eigenvalue weighted by molar-refractivity contribution is 9.69. The third kappa shape index (κ3) is 7.74. The molecule has 18 heteroatoms. The van der Waals surface area contributed by atoms with E-state index in [2.05, 4.69) is 87.8 Å². The van der Waals surface area contributed by atoms with E-state index in [4.69, 9.17) is 4.74 Å². The minimum absolute atomic E-state index is 0.109. The van der Waals surface area contributed by atoms with Crippen LogP contribution >= 0.6 is 70.8 Å². The molecule has 210 valence electrons. The average molecular weight is 783 g/mol. The van der Waals surface area contributed by atoms with Crippen molar-refractivity contribution < 1.29 is 9.84 Å². The number of hydrogen-bond donors (Lipinski definition) is 1. The van der Waals surface area contributed by atoms with E-state index in [1.54, 1.807) is 53.1 Å². The Morgan fingerprint density at radius 3 is 1.76 bits per heavy atom. The molecule has 0 bridgehead atoms. The van der Waals surface area contributed by atoms with Gasteiger partial charge in [-0.15, -0.1) is 57.5 Å². The van der Waals surface area contributed by atoms with Gasteiger partial charge in [0.25, 0.3) is 0 Å². The lowest BCUT2D eigenvalue weighted by atomic mass is 10.3. The zero-order valence-corrected chi connectivity index (χ0v) is 28.0. The summed E-state index contributed by atoms with van der Waals surface area (Å²) in [5.74, 6) is 2.12. The molecule has 0 aliphatic carbocycles. The van der Waals surface area contributed by atoms with Gasteiger partial charge in [0, 0.05) is 24.5 Å². The lowest BCUT2D eigenvalue weighted by Crippen LogP contribution is -2.01. The van der Waals surface area contributed by atoms with Gasteiger partial charge in [-0.2, -0.15) is 9.36 Å². The summed E-state index contributed by atoms with van der Waals surface area (Å²) in [6.07, 6.45) is 7.22. The number of thioether (sulfide) groups is 2. The first-order valence-corrected chi connectivity index (χ1v) is 16.6. The number of phenols is 1. The van der Waals surface area contributed by atoms with Crippen LogP contribution in [0.15, 0.2) is 71.2 Å². The van der Waals surface area contributed by atoms with Crippen LogP contribution in [0, 0.1) is 0 Å². The molecular formula is C23H20BBr3N10O2S2. The van der Waals surface area contributed by atoms with E-state index < -0.39 is 0 Å². The largest absolute Gasteiger partial charge is 0.506 e. The molecule has 6 rings (SSSR count). The molecule has 4 heterocycles. The van der Waals surface area contributed by atoms with Crippen LogP contribution in [0.25, 0.3) is 33.7 Å². The Morgan fingerprint density at radius 2 is 1.24 bits per heavy atom. The molecule has 2 aromatic carbocycles. The van der Waals surface area contributed by atoms with Crippen molar-refractivity contribution >= 4 is 96.0 Å². The maximum absolute atomic E-state index is 9.68. The monoisotopic (exact) mass is 780 g/mol. The maximum Gasteiger partial charge on any atom is 0.369 e. The number of fused-ring (bicyclic) bond motifs is 2. The molecule has 4 aromatic heterocycles. The fraction of sp³-hybridized carbons (Fsp3) is 0.130. The van der Waals surface area contributed by atoms with E-state index in [0.29, 0.717) is 44.2 Å². The Hall–Kier alpha value is -2.80. The second-order valence-electron chi connectivity index (χ2n) is 7.53. The predicted octanol–water partition coefficient (Wildman–Crippen LogP) is 5.74. The van der Waals surface area contributed by atoms with Crippen LogP contribution in [-0.2, 0) is 0 Å². The number of benzene rings is 2. The number of rotatable bonds is 5. The fourth-order valence-electron chi connectivity index (χ4n) is 3.45. The van der Waals surface area contributed by atoms with E-state index >= 15 is 0 Å². The molecule has 0 saturated carbocycles. The fourth-order valence-corrected chi connectivity index (χ4v) is 4.15. The number of hydrogen-bond acceptors (Lipinski definition) is 12. The average Bonchev–Trinajstić information content (AvgIpc) is 3.63. The Bertz CT molecular complexity index is 1760. The third-order valence-electron chi connectivity index (χ3n) is 5.15. The lowest BCUT2D eigenvalue weighted by molar-refractivity contribution is 0.419. The SMILES string of the molecule is BrB(Br)Br.COc1cccc2c1nnn2-c1ccnc(SC)n1.CSc1nccc(-n2nnc3c(O)cccc32)n1. The Morgan fingerprint density at radius 1 is 0.756 bits per heavy atom. The van der Waals surface area contributed by atoms with Gasteiger partial charge in [-0.3, -0.25) is 0 Å². The molecule has 0 aliphatic heterocycles. The van der Waals surface area contributed by atoms with Gasteiger partial charge in [0.15, 0.2) is 33.0 Å². The van der Waals surface area contributed by atoms with Gasteiger partial charge in [0.1, 0.15) is 22.5 Å². The first kappa shape index (κ1) is 31.1. The molecule has 0 atom stereocenters. The number of phenolic OH excluding ortho intramolecular Hbond substituents is 1. The third-order valence-corrected chi connectivity index (χ3v) is 6.28. The summed E-state index contributed by atoms with van der Waals surface area (Å²) in [6, 6.07) is 14.4. The number of aromatic nitrogens is 10. The van der Waals surface area contributed by atoms with E-state index in [1.807, 2.05) is 36.8 Å². The second-order valence-corrected chi connectivity index (χ2v) is 15.5. The highest BCUT2D eigenvalue weighted by Crippen LogP contribution is 2.25. The number of aromatic hydroxyl groups is 1. The zero-order valence-electron chi connectivity index (χ0n) is 21.6. The summed E-state index contributed by atoms with van der Waals surface area (Å²) in [6.45, 7) is 0. The summed E-state index contributed by atoms with van der Waals surface area (Å²) in [7, 11) is 1.62. The predicted molar refractivity (Wildman–Crippen MR) is 173 cm³/mol. The van der Waals surface area contributed by atoms with Crippen LogP contribution in [0.2, 0.25) is 0 Å². The van der Waals surface area contributed by atoms with Crippen molar-refractivity contribution in [1.29, 1.82) is 0 Å². The van der Waals surface area contributed by atoms with E-state index in [-0.39, 0.29) is 8.93 Å². The van der Waals surface area contributed by atoms with Crippen LogP contribution in [0.1, 0.15) is 0 Å². The number of methoxy groups -OCH3 is 1. The standard InChI is InChI=1S/C12H11N5OS.C11H9N5OS.BBr3/c1-18-9-5-3-4-8-11(9)15-16-17(8)10-6-7-13-12(14-10)19-2;1-18-11-12-6-5-9(13-11)16-7-3-2-4-8(17)10(7)14-15-16;2-1(3)4/h3-7H,1-2H3;2-6,17H,1H3;. The summed E-state index contributed by atoms with van der Waals surface area (Å²) in [5, 5.41) is 27.3. The highest BCUT2D eigenvalue weighted by Gasteiger charge is 2.12. The van der Waals surface area contributed by atoms with Crippen molar-refractivity contribution in [1.82, 2.24) is 49.9 Å². The minimum atomic E-state index is 0.109. The van der Waals surface area contributed by atoms with Crippen molar-refractivity contribution in [3.8, 4) is 23.1 Å². The molecule has 0 aliphatic rings. The molecule has 0 saturated heterocycles. The van der Waals surface area contributed by atoms with Crippen molar-refractivity contribution in [3.63, 3.8) is 0 Å². The minimum Gasteiger partial charge on any atom is -0.506 e. The highest BCUT2D eigenvalue weighted by atomic mass is 79.9. The van der Waals surface area contributed by atoms with Gasteiger partial charge in [-0.1, -0.05) is 46.1 Å². The summed E-state index contributed by atoms with van der Waals surface area (Å²) < 4.78 is 8.80. The zero-order chi connectivity index (χ0) is 29.4. The Kier molecular flexibility index (Phi) is 11.3. The van der Waals surface area contributed by atoms with Gasteiger partial charge < -0.3 is 9.84 Å². The Labute approximate surface area is 268 Å². The number of ether oxygens (including phenoxy) is 1. The normalized spacial score (nSPS) is 10.5. The van der Waals surface area contributed by atoms with Gasteiger partial charge in [0.2, 0.25) is 0 Å². The first-order valence-electron chi connectivity index (χ1n) is 11.4. The number of halogens is 3. The summed E-state index contributed by atoms with van der Waals surface area (Å²) in [4.78, 5) is 17.0. The van der Waals surface area contributed by atoms with Crippen molar-refractivity contribution in [2.24, 2.45) is 0 Å². The molecule has 1 N–H and O–H groups in total. The van der Waals surface area contributed by atoms with Gasteiger partial charge >= 0.3 is 3.18 Å². The van der Waals surface area contributed by atoms with Crippen molar-refractivity contribution in [2.45, 2.75) is 10.3 Å². The Balaban J connectivity index is 0.000000168. The molecule has 0 unspecified atom stereocenters. The molecule has 0 radical (unpaired) electrons. The van der Waals surface area contributed by atoms with Crippen LogP contribution in [0.4, 0.5) is 0 Å². The summed E-state index contributed by atoms with van der Waals surface area (Å²) in [5.41, 5.74) is 2.74. The lowest BCUT2D eigenvalue weighted by Gasteiger charge is -2.03. The van der Waals surface area contributed by atoms with E-state index in [1.165, 1.54) is 23.5 Å². The van der Waals surface area contributed by atoms with Crippen LogP contribution in [0.3, 0.4) is 0 Å². The van der Waals surface area contributed by atoms with Crippen molar-refractivity contribution in [2.75, 3.05) is 19.6 Å². The van der Waals surface area contributed by atoms with Crippen LogP contribution in [0.5, 0.6) is 11.5 Å². The molecular weight excluding hydrogens is 763 g/mol. The maximum atomic E-state index is 9.68. The smallest absolute Gasteiger partial charge is 0.369 e. The number of nitrogens with zero attached hydrogens (tertiary/aromatic N) is 10.